The second kappa shape index (κ2) is 13.0. The van der Waals surface area contributed by atoms with E-state index in [4.69, 9.17) is 4.74 Å². The van der Waals surface area contributed by atoms with Gasteiger partial charge < -0.3 is 4.74 Å². The first-order chi connectivity index (χ1) is 7.85. The zero-order chi connectivity index (χ0) is 12.1. The Balaban J connectivity index is 3.29. The summed E-state index contributed by atoms with van der Waals surface area (Å²) in [6.45, 7) is 7.74. The molecule has 1 nitrogen and oxygen atoms in total. The molecule has 0 N–H and O–H groups in total. The molecule has 0 aromatic carbocycles. The molecule has 0 spiro atoms. The van der Waals surface area contributed by atoms with Crippen molar-refractivity contribution in [3.8, 4) is 0 Å². The van der Waals surface area contributed by atoms with E-state index < -0.39 is 0 Å². The predicted molar refractivity (Wildman–Crippen MR) is 72.9 cm³/mol. The maximum absolute atomic E-state index is 5.92. The smallest absolute Gasteiger partial charge is 0.0572 e. The van der Waals surface area contributed by atoms with Gasteiger partial charge in [-0.05, 0) is 19.3 Å². The first-order valence-electron chi connectivity index (χ1n) is 7.46. The maximum atomic E-state index is 5.92. The van der Waals surface area contributed by atoms with E-state index in [-0.39, 0.29) is 0 Å². The van der Waals surface area contributed by atoms with E-state index in [1.54, 1.807) is 0 Å². The Hall–Kier alpha value is -0.0400. The van der Waals surface area contributed by atoms with Crippen molar-refractivity contribution < 1.29 is 4.74 Å². The summed E-state index contributed by atoms with van der Waals surface area (Å²) in [6, 6.07) is 0. The monoisotopic (exact) mass is 228 g/mol. The van der Waals surface area contributed by atoms with Crippen LogP contribution in [-0.2, 0) is 4.74 Å². The molecule has 0 saturated carbocycles. The van der Waals surface area contributed by atoms with Gasteiger partial charge in [0.2, 0.25) is 0 Å². The average molecular weight is 228 g/mol. The van der Waals surface area contributed by atoms with Crippen LogP contribution in [0.25, 0.3) is 0 Å². The fraction of sp³-hybridized carbons (Fsp3) is 1.00. The van der Waals surface area contributed by atoms with Crippen LogP contribution in [0.4, 0.5) is 0 Å². The Morgan fingerprint density at radius 2 is 1.38 bits per heavy atom. The van der Waals surface area contributed by atoms with Gasteiger partial charge in [0.25, 0.3) is 0 Å². The highest BCUT2D eigenvalue weighted by atomic mass is 16.5. The summed E-state index contributed by atoms with van der Waals surface area (Å²) in [5, 5.41) is 0. The van der Waals surface area contributed by atoms with Crippen molar-refractivity contribution in [3.05, 3.63) is 0 Å². The number of ether oxygens (including phenoxy) is 1. The highest BCUT2D eigenvalue weighted by Crippen LogP contribution is 2.12. The van der Waals surface area contributed by atoms with Gasteiger partial charge in [-0.25, -0.2) is 0 Å². The summed E-state index contributed by atoms with van der Waals surface area (Å²) in [5.74, 6) is 0. The summed E-state index contributed by atoms with van der Waals surface area (Å²) in [5.41, 5.74) is 0. The Morgan fingerprint density at radius 1 is 0.750 bits per heavy atom. The third-order valence-corrected chi connectivity index (χ3v) is 3.19. The molecule has 0 bridgehead atoms. The Labute approximate surface area is 103 Å². The van der Waals surface area contributed by atoms with Crippen molar-refractivity contribution in [3.63, 3.8) is 0 Å². The molecule has 16 heavy (non-hydrogen) atoms. The molecule has 0 rings (SSSR count). The fourth-order valence-corrected chi connectivity index (χ4v) is 1.98. The molecule has 98 valence electrons. The molecule has 0 heterocycles. The van der Waals surface area contributed by atoms with Crippen LogP contribution < -0.4 is 0 Å². The van der Waals surface area contributed by atoms with Crippen molar-refractivity contribution in [1.82, 2.24) is 0 Å². The zero-order valence-electron chi connectivity index (χ0n) is 11.8. The van der Waals surface area contributed by atoms with Gasteiger partial charge in [0.1, 0.15) is 0 Å². The lowest BCUT2D eigenvalue weighted by Crippen LogP contribution is -2.12. The minimum atomic E-state index is 0.526. The standard InChI is InChI=1S/C15H32O/c1-4-7-9-11-13-15(6-3)16-14-12-10-8-5-2/h15H,4-14H2,1-3H3/t15-/m1/s1. The van der Waals surface area contributed by atoms with Crippen LogP contribution in [0.1, 0.15) is 85.0 Å². The minimum Gasteiger partial charge on any atom is -0.378 e. The molecule has 0 fully saturated rings. The quantitative estimate of drug-likeness (QED) is 0.410. The highest BCUT2D eigenvalue weighted by molar-refractivity contribution is 4.56. The van der Waals surface area contributed by atoms with Gasteiger partial charge in [0.15, 0.2) is 0 Å². The Kier molecular flexibility index (Phi) is 13.0. The largest absolute Gasteiger partial charge is 0.378 e. The highest BCUT2D eigenvalue weighted by Gasteiger charge is 2.05. The van der Waals surface area contributed by atoms with Gasteiger partial charge in [-0.1, -0.05) is 65.7 Å². The van der Waals surface area contributed by atoms with E-state index in [1.807, 2.05) is 0 Å². The predicted octanol–water partition coefficient (Wildman–Crippen LogP) is 5.33. The molecular formula is C15H32O. The van der Waals surface area contributed by atoms with Gasteiger partial charge in [-0.15, -0.1) is 0 Å². The molecule has 0 aliphatic heterocycles. The van der Waals surface area contributed by atoms with Gasteiger partial charge in [0, 0.05) is 6.61 Å². The van der Waals surface area contributed by atoms with Crippen molar-refractivity contribution in [2.24, 2.45) is 0 Å². The van der Waals surface area contributed by atoms with Gasteiger partial charge in [-0.3, -0.25) is 0 Å². The lowest BCUT2D eigenvalue weighted by atomic mass is 10.1. The van der Waals surface area contributed by atoms with Crippen LogP contribution in [0.2, 0.25) is 0 Å². The van der Waals surface area contributed by atoms with E-state index in [2.05, 4.69) is 20.8 Å². The molecule has 0 aliphatic carbocycles. The number of rotatable bonds is 12. The molecule has 0 aliphatic rings. The number of hydrogen-bond donors (Lipinski definition) is 0. The van der Waals surface area contributed by atoms with Gasteiger partial charge in [-0.2, -0.15) is 0 Å². The Bertz CT molecular complexity index is 123. The SMILES string of the molecule is CCCCCCO[C@H](CC)CCCCCC. The lowest BCUT2D eigenvalue weighted by molar-refractivity contribution is 0.0407. The van der Waals surface area contributed by atoms with E-state index in [1.165, 1.54) is 64.2 Å². The summed E-state index contributed by atoms with van der Waals surface area (Å²) in [7, 11) is 0. The topological polar surface area (TPSA) is 9.23 Å². The fourth-order valence-electron chi connectivity index (χ4n) is 1.98. The van der Waals surface area contributed by atoms with E-state index in [0.29, 0.717) is 6.10 Å². The van der Waals surface area contributed by atoms with Crippen molar-refractivity contribution in [2.45, 2.75) is 91.1 Å². The third kappa shape index (κ3) is 10.5. The number of hydrogen-bond acceptors (Lipinski definition) is 1. The molecule has 0 aromatic rings. The van der Waals surface area contributed by atoms with E-state index >= 15 is 0 Å². The van der Waals surface area contributed by atoms with Crippen molar-refractivity contribution in [2.75, 3.05) is 6.61 Å². The Morgan fingerprint density at radius 3 is 1.94 bits per heavy atom. The molecule has 0 saturated heterocycles. The van der Waals surface area contributed by atoms with Crippen LogP contribution in [-0.4, -0.2) is 12.7 Å². The zero-order valence-corrected chi connectivity index (χ0v) is 11.8. The molecule has 0 amide bonds. The van der Waals surface area contributed by atoms with Crippen LogP contribution >= 0.6 is 0 Å². The third-order valence-electron chi connectivity index (χ3n) is 3.19. The van der Waals surface area contributed by atoms with Crippen molar-refractivity contribution >= 4 is 0 Å². The molecule has 0 radical (unpaired) electrons. The van der Waals surface area contributed by atoms with Crippen LogP contribution in [0.15, 0.2) is 0 Å². The van der Waals surface area contributed by atoms with Crippen LogP contribution in [0, 0.1) is 0 Å². The summed E-state index contributed by atoms with van der Waals surface area (Å²) < 4.78 is 5.92. The first kappa shape index (κ1) is 16.0. The van der Waals surface area contributed by atoms with Gasteiger partial charge >= 0.3 is 0 Å². The second-order valence-corrected chi connectivity index (χ2v) is 4.81. The summed E-state index contributed by atoms with van der Waals surface area (Å²) in [6.07, 6.45) is 13.7. The summed E-state index contributed by atoms with van der Waals surface area (Å²) in [4.78, 5) is 0. The van der Waals surface area contributed by atoms with E-state index in [0.717, 1.165) is 6.61 Å². The average Bonchev–Trinajstić information content (AvgIpc) is 2.31. The number of unbranched alkanes of at least 4 members (excludes halogenated alkanes) is 6. The molecule has 1 heteroatoms. The van der Waals surface area contributed by atoms with Crippen molar-refractivity contribution in [1.29, 1.82) is 0 Å². The van der Waals surface area contributed by atoms with E-state index in [9.17, 15) is 0 Å². The van der Waals surface area contributed by atoms with Crippen LogP contribution in [0.5, 0.6) is 0 Å². The first-order valence-corrected chi connectivity index (χ1v) is 7.46. The summed E-state index contributed by atoms with van der Waals surface area (Å²) >= 11 is 0. The molecular weight excluding hydrogens is 196 g/mol. The molecule has 0 unspecified atom stereocenters. The second-order valence-electron chi connectivity index (χ2n) is 4.81. The molecule has 1 atom stereocenters. The minimum absolute atomic E-state index is 0.526. The van der Waals surface area contributed by atoms with Crippen LogP contribution in [0.3, 0.4) is 0 Å². The lowest BCUT2D eigenvalue weighted by Gasteiger charge is -2.15. The molecule has 0 aromatic heterocycles. The van der Waals surface area contributed by atoms with Gasteiger partial charge in [0.05, 0.1) is 6.10 Å². The normalized spacial score (nSPS) is 12.9. The maximum Gasteiger partial charge on any atom is 0.0572 e.